The van der Waals surface area contributed by atoms with Crippen molar-refractivity contribution in [1.29, 1.82) is 0 Å². The van der Waals surface area contributed by atoms with Crippen molar-refractivity contribution in [3.63, 3.8) is 0 Å². The number of hydrogen-bond donors (Lipinski definition) is 1. The normalized spacial score (nSPS) is 11.8. The van der Waals surface area contributed by atoms with Gasteiger partial charge in [0.05, 0.1) is 28.7 Å². The van der Waals surface area contributed by atoms with Crippen molar-refractivity contribution in [1.82, 2.24) is 4.98 Å². The lowest BCUT2D eigenvalue weighted by Gasteiger charge is -2.14. The van der Waals surface area contributed by atoms with Gasteiger partial charge in [-0.1, -0.05) is 12.1 Å². The number of pyridine rings is 1. The van der Waals surface area contributed by atoms with E-state index in [4.69, 9.17) is 4.74 Å². The quantitative estimate of drug-likeness (QED) is 0.395. The number of carbonyl (C=O) groups excluding carboxylic acids is 1. The average molecular weight is 400 g/mol. The Bertz CT molecular complexity index is 1110. The second-order valence-corrected chi connectivity index (χ2v) is 6.65. The number of amides is 1. The molecule has 1 amide bonds. The summed E-state index contributed by atoms with van der Waals surface area (Å²) in [5.74, 6) is -0.332. The van der Waals surface area contributed by atoms with Gasteiger partial charge in [0.1, 0.15) is 11.3 Å². The Balaban J connectivity index is 2.19. The highest BCUT2D eigenvalue weighted by atomic mass is 32.2. The van der Waals surface area contributed by atoms with Gasteiger partial charge in [-0.15, -0.1) is 0 Å². The fourth-order valence-electron chi connectivity index (χ4n) is 2.78. The van der Waals surface area contributed by atoms with Gasteiger partial charge in [-0.05, 0) is 35.3 Å². The predicted molar refractivity (Wildman–Crippen MR) is 102 cm³/mol. The minimum absolute atomic E-state index is 0.0616. The molecule has 0 fully saturated rings. The molecule has 3 aromatic rings. The lowest BCUT2D eigenvalue weighted by Crippen LogP contribution is -2.05. The lowest BCUT2D eigenvalue weighted by molar-refractivity contribution is -0.383. The van der Waals surface area contributed by atoms with Gasteiger partial charge in [-0.3, -0.25) is 19.1 Å². The molecule has 2 aromatic carbocycles. The Morgan fingerprint density at radius 2 is 1.89 bits per heavy atom. The molecule has 1 heterocycles. The smallest absolute Gasteiger partial charge is 0.299 e. The first-order valence-corrected chi connectivity index (χ1v) is 9.02. The van der Waals surface area contributed by atoms with E-state index in [9.17, 15) is 23.7 Å². The number of carbonyl (C=O) groups is 1. The van der Waals surface area contributed by atoms with Crippen LogP contribution < -0.4 is 10.1 Å². The third-order valence-corrected chi connectivity index (χ3v) is 4.71. The van der Waals surface area contributed by atoms with Crippen LogP contribution in [0.15, 0.2) is 47.4 Å². The molecule has 1 unspecified atom stereocenters. The van der Waals surface area contributed by atoms with Gasteiger partial charge >= 0.3 is 0 Å². The Hall–Kier alpha value is -3.37. The van der Waals surface area contributed by atoms with E-state index in [0.29, 0.717) is 16.9 Å². The molecule has 0 aliphatic rings. The van der Waals surface area contributed by atoms with Gasteiger partial charge < -0.3 is 14.6 Å². The third-order valence-electron chi connectivity index (χ3n) is 3.96. The number of aromatic nitrogens is 1. The highest BCUT2D eigenvalue weighted by Crippen LogP contribution is 2.37. The number of methoxy groups -OCH3 is 1. The predicted octanol–water partition coefficient (Wildman–Crippen LogP) is 3.02. The second-order valence-electron chi connectivity index (χ2n) is 5.77. The van der Waals surface area contributed by atoms with E-state index >= 15 is 0 Å². The number of ether oxygens (including phenoxy) is 1. The van der Waals surface area contributed by atoms with Crippen LogP contribution in [0.3, 0.4) is 0 Å². The molecule has 3 rings (SSSR count). The Kier molecular flexibility index (Phi) is 5.34. The number of rotatable bonds is 5. The fourth-order valence-corrected chi connectivity index (χ4v) is 3.43. The van der Waals surface area contributed by atoms with Crippen LogP contribution >= 0.6 is 0 Å². The number of nitrogens with one attached hydrogen (secondary N) is 1. The number of non-ortho nitro benzene ring substituents is 1. The zero-order valence-corrected chi connectivity index (χ0v) is 15.6. The Morgan fingerprint density at radius 1 is 1.21 bits per heavy atom. The van der Waals surface area contributed by atoms with Gasteiger partial charge in [-0.2, -0.15) is 0 Å². The Morgan fingerprint density at radius 3 is 2.43 bits per heavy atom. The number of nitro groups is 1. The monoisotopic (exact) mass is 400 g/mol. The van der Waals surface area contributed by atoms with Crippen LogP contribution in [0, 0.1) is 10.1 Å². The summed E-state index contributed by atoms with van der Waals surface area (Å²) in [6, 6.07) is 10.8. The summed E-state index contributed by atoms with van der Waals surface area (Å²) in [5, 5.41) is 14.2. The molecule has 0 aliphatic carbocycles. The van der Waals surface area contributed by atoms with Crippen molar-refractivity contribution in [2.75, 3.05) is 12.4 Å². The van der Waals surface area contributed by atoms with Crippen LogP contribution in [0.25, 0.3) is 22.2 Å². The van der Waals surface area contributed by atoms with E-state index in [-0.39, 0.29) is 33.1 Å². The SMILES string of the molecule is COc1cc([N+](=O)[O-])c2nc(-c3ccc(NC(C)=O)cc3)ccc2c1S(=O)[O-]. The van der Waals surface area contributed by atoms with Crippen molar-refractivity contribution in [2.45, 2.75) is 11.8 Å². The number of anilines is 1. The molecule has 0 spiro atoms. The molecular formula is C18H14N3O6S-. The van der Waals surface area contributed by atoms with E-state index in [1.165, 1.54) is 20.1 Å². The van der Waals surface area contributed by atoms with Gasteiger partial charge in [0.25, 0.3) is 5.69 Å². The van der Waals surface area contributed by atoms with E-state index in [0.717, 1.165) is 6.07 Å². The average Bonchev–Trinajstić information content (AvgIpc) is 2.65. The van der Waals surface area contributed by atoms with Crippen molar-refractivity contribution < 1.29 is 23.2 Å². The number of benzene rings is 2. The third kappa shape index (κ3) is 3.68. The topological polar surface area (TPSA) is 134 Å². The fraction of sp³-hybridized carbons (Fsp3) is 0.111. The lowest BCUT2D eigenvalue weighted by atomic mass is 10.1. The molecule has 0 aliphatic heterocycles. The van der Waals surface area contributed by atoms with E-state index in [1.54, 1.807) is 30.3 Å². The van der Waals surface area contributed by atoms with E-state index < -0.39 is 16.0 Å². The van der Waals surface area contributed by atoms with Crippen LogP contribution in [0.4, 0.5) is 11.4 Å². The number of nitro benzene ring substituents is 1. The van der Waals surface area contributed by atoms with Gasteiger partial charge in [0.2, 0.25) is 5.91 Å². The molecule has 0 bridgehead atoms. The van der Waals surface area contributed by atoms with Crippen molar-refractivity contribution in [3.05, 3.63) is 52.6 Å². The first-order valence-electron chi connectivity index (χ1n) is 7.95. The molecule has 0 saturated heterocycles. The maximum Gasteiger partial charge on any atom is 0.299 e. The molecule has 144 valence electrons. The number of fused-ring (bicyclic) bond motifs is 1. The first-order chi connectivity index (χ1) is 13.3. The summed E-state index contributed by atoms with van der Waals surface area (Å²) in [5.41, 5.74) is 1.23. The molecule has 10 heteroatoms. The zero-order chi connectivity index (χ0) is 20.4. The molecular weight excluding hydrogens is 386 g/mol. The number of hydrogen-bond acceptors (Lipinski definition) is 7. The summed E-state index contributed by atoms with van der Waals surface area (Å²) < 4.78 is 28.3. The molecule has 28 heavy (non-hydrogen) atoms. The molecule has 0 radical (unpaired) electrons. The van der Waals surface area contributed by atoms with Crippen LogP contribution in [-0.2, 0) is 15.9 Å². The molecule has 1 aromatic heterocycles. The van der Waals surface area contributed by atoms with Gasteiger partial charge in [-0.25, -0.2) is 4.98 Å². The maximum absolute atomic E-state index is 11.6. The van der Waals surface area contributed by atoms with Crippen LogP contribution in [0.2, 0.25) is 0 Å². The zero-order valence-electron chi connectivity index (χ0n) is 14.8. The van der Waals surface area contributed by atoms with E-state index in [1.807, 2.05) is 0 Å². The highest BCUT2D eigenvalue weighted by Gasteiger charge is 2.22. The highest BCUT2D eigenvalue weighted by molar-refractivity contribution is 7.79. The van der Waals surface area contributed by atoms with Crippen molar-refractivity contribution >= 4 is 39.3 Å². The Labute approximate surface area is 161 Å². The largest absolute Gasteiger partial charge is 0.768 e. The summed E-state index contributed by atoms with van der Waals surface area (Å²) >= 11 is -2.67. The summed E-state index contributed by atoms with van der Waals surface area (Å²) in [6.07, 6.45) is 0. The van der Waals surface area contributed by atoms with Gasteiger partial charge in [0, 0.05) is 23.6 Å². The standard InChI is InChI=1S/C18H15N3O6S/c1-10(22)19-12-5-3-11(4-6-12)14-8-7-13-17(20-14)15(21(23)24)9-16(27-2)18(13)28(25)26/h3-9H,1-2H3,(H,19,22)(H,25,26)/p-1. The van der Waals surface area contributed by atoms with Gasteiger partial charge in [0.15, 0.2) is 0 Å². The van der Waals surface area contributed by atoms with Crippen LogP contribution in [-0.4, -0.2) is 31.7 Å². The molecule has 9 nitrogen and oxygen atoms in total. The minimum atomic E-state index is -2.67. The summed E-state index contributed by atoms with van der Waals surface area (Å²) in [7, 11) is 1.24. The minimum Gasteiger partial charge on any atom is -0.768 e. The molecule has 0 saturated carbocycles. The second kappa shape index (κ2) is 7.71. The van der Waals surface area contributed by atoms with Crippen LogP contribution in [0.5, 0.6) is 5.75 Å². The molecule has 1 N–H and O–H groups in total. The van der Waals surface area contributed by atoms with Crippen LogP contribution in [0.1, 0.15) is 6.92 Å². The maximum atomic E-state index is 11.6. The summed E-state index contributed by atoms with van der Waals surface area (Å²) in [4.78, 5) is 26.1. The number of nitrogens with zero attached hydrogens (tertiary/aromatic N) is 2. The molecule has 1 atom stereocenters. The van der Waals surface area contributed by atoms with Crippen molar-refractivity contribution in [3.8, 4) is 17.0 Å². The first kappa shape index (κ1) is 19.4. The summed E-state index contributed by atoms with van der Waals surface area (Å²) in [6.45, 7) is 1.39. The van der Waals surface area contributed by atoms with E-state index in [2.05, 4.69) is 10.3 Å². The van der Waals surface area contributed by atoms with Crippen molar-refractivity contribution in [2.24, 2.45) is 0 Å².